The van der Waals surface area contributed by atoms with Crippen LogP contribution in [0.3, 0.4) is 0 Å². The van der Waals surface area contributed by atoms with Crippen LogP contribution < -0.4 is 10.6 Å². The molecule has 0 saturated heterocycles. The number of rotatable bonds is 7. The predicted octanol–water partition coefficient (Wildman–Crippen LogP) is 2.70. The van der Waals surface area contributed by atoms with E-state index in [0.29, 0.717) is 18.7 Å². The van der Waals surface area contributed by atoms with Crippen molar-refractivity contribution in [2.24, 2.45) is 0 Å². The number of nitrogens with one attached hydrogen (secondary N) is 2. The molecule has 144 valence electrons. The molecule has 0 bridgehead atoms. The van der Waals surface area contributed by atoms with Crippen molar-refractivity contribution in [2.45, 2.75) is 13.0 Å². The molecule has 7 nitrogen and oxygen atoms in total. The number of urea groups is 1. The maximum atomic E-state index is 11.9. The molecule has 0 fully saturated rings. The Morgan fingerprint density at radius 1 is 1.00 bits per heavy atom. The van der Waals surface area contributed by atoms with Crippen LogP contribution in [0.1, 0.15) is 21.5 Å². The highest BCUT2D eigenvalue weighted by molar-refractivity contribution is 5.89. The fraction of sp³-hybridized carbons (Fsp3) is 0.190. The van der Waals surface area contributed by atoms with Crippen LogP contribution in [0.4, 0.5) is 4.79 Å². The molecule has 0 radical (unpaired) electrons. The highest BCUT2D eigenvalue weighted by Gasteiger charge is 2.05. The van der Waals surface area contributed by atoms with Gasteiger partial charge in [-0.3, -0.25) is 0 Å². The number of carbonyl (C=O) groups excluding carboxylic acids is 2. The number of benzene rings is 2. The van der Waals surface area contributed by atoms with Gasteiger partial charge in [-0.25, -0.2) is 14.3 Å². The highest BCUT2D eigenvalue weighted by Crippen LogP contribution is 2.09. The molecule has 2 amide bonds. The SMILES string of the molecule is COC(=O)c1ccc(CNC(=O)NCCc2ccc(-n3cccn3)cc2)cc1. The van der Waals surface area contributed by atoms with Crippen LogP contribution in [-0.4, -0.2) is 35.4 Å². The van der Waals surface area contributed by atoms with E-state index in [9.17, 15) is 9.59 Å². The molecular weight excluding hydrogens is 356 g/mol. The number of amides is 2. The monoisotopic (exact) mass is 378 g/mol. The van der Waals surface area contributed by atoms with E-state index in [2.05, 4.69) is 20.5 Å². The lowest BCUT2D eigenvalue weighted by Gasteiger charge is -2.09. The van der Waals surface area contributed by atoms with Gasteiger partial charge in [-0.05, 0) is 47.9 Å². The third kappa shape index (κ3) is 5.20. The van der Waals surface area contributed by atoms with Gasteiger partial charge in [-0.1, -0.05) is 24.3 Å². The molecule has 1 heterocycles. The zero-order chi connectivity index (χ0) is 19.8. The number of hydrogen-bond donors (Lipinski definition) is 2. The van der Waals surface area contributed by atoms with Crippen molar-refractivity contribution in [3.8, 4) is 5.69 Å². The van der Waals surface area contributed by atoms with Gasteiger partial charge in [-0.2, -0.15) is 5.10 Å². The van der Waals surface area contributed by atoms with Gasteiger partial charge in [0.1, 0.15) is 0 Å². The Labute approximate surface area is 163 Å². The summed E-state index contributed by atoms with van der Waals surface area (Å²) in [7, 11) is 1.34. The first-order valence-corrected chi connectivity index (χ1v) is 8.93. The zero-order valence-corrected chi connectivity index (χ0v) is 15.6. The van der Waals surface area contributed by atoms with Crippen molar-refractivity contribution >= 4 is 12.0 Å². The molecular formula is C21H22N4O3. The van der Waals surface area contributed by atoms with E-state index >= 15 is 0 Å². The van der Waals surface area contributed by atoms with E-state index in [1.165, 1.54) is 7.11 Å². The van der Waals surface area contributed by atoms with Gasteiger partial charge in [0.2, 0.25) is 0 Å². The molecule has 0 aliphatic heterocycles. The van der Waals surface area contributed by atoms with Gasteiger partial charge >= 0.3 is 12.0 Å². The number of hydrogen-bond acceptors (Lipinski definition) is 4. The van der Waals surface area contributed by atoms with E-state index in [4.69, 9.17) is 0 Å². The minimum absolute atomic E-state index is 0.231. The van der Waals surface area contributed by atoms with Crippen LogP contribution in [0.15, 0.2) is 67.0 Å². The second kappa shape index (κ2) is 9.36. The summed E-state index contributed by atoms with van der Waals surface area (Å²) in [5.41, 5.74) is 3.51. The second-order valence-electron chi connectivity index (χ2n) is 6.17. The van der Waals surface area contributed by atoms with Crippen molar-refractivity contribution in [3.63, 3.8) is 0 Å². The van der Waals surface area contributed by atoms with E-state index < -0.39 is 0 Å². The molecule has 0 saturated carbocycles. The molecule has 1 aromatic heterocycles. The summed E-state index contributed by atoms with van der Waals surface area (Å²) in [6.45, 7) is 0.917. The Bertz CT molecular complexity index is 904. The van der Waals surface area contributed by atoms with Crippen LogP contribution in [0.2, 0.25) is 0 Å². The number of nitrogens with zero attached hydrogens (tertiary/aromatic N) is 2. The molecule has 0 aliphatic carbocycles. The average molecular weight is 378 g/mol. The largest absolute Gasteiger partial charge is 0.465 e. The van der Waals surface area contributed by atoms with E-state index in [1.807, 2.05) is 36.5 Å². The fourth-order valence-corrected chi connectivity index (χ4v) is 2.68. The maximum absolute atomic E-state index is 11.9. The maximum Gasteiger partial charge on any atom is 0.337 e. The minimum Gasteiger partial charge on any atom is -0.465 e. The summed E-state index contributed by atoms with van der Waals surface area (Å²) >= 11 is 0. The van der Waals surface area contributed by atoms with Crippen molar-refractivity contribution < 1.29 is 14.3 Å². The van der Waals surface area contributed by atoms with E-state index in [0.717, 1.165) is 23.2 Å². The Kier molecular flexibility index (Phi) is 6.41. The van der Waals surface area contributed by atoms with Crippen molar-refractivity contribution in [1.29, 1.82) is 0 Å². The first-order valence-electron chi connectivity index (χ1n) is 8.93. The Morgan fingerprint density at radius 2 is 1.71 bits per heavy atom. The van der Waals surface area contributed by atoms with Crippen molar-refractivity contribution in [1.82, 2.24) is 20.4 Å². The number of methoxy groups -OCH3 is 1. The predicted molar refractivity (Wildman–Crippen MR) is 105 cm³/mol. The van der Waals surface area contributed by atoms with Crippen LogP contribution in [0, 0.1) is 0 Å². The van der Waals surface area contributed by atoms with Gasteiger partial charge in [0.15, 0.2) is 0 Å². The van der Waals surface area contributed by atoms with Crippen molar-refractivity contribution in [3.05, 3.63) is 83.7 Å². The van der Waals surface area contributed by atoms with Crippen molar-refractivity contribution in [2.75, 3.05) is 13.7 Å². The third-order valence-electron chi connectivity index (χ3n) is 4.23. The molecule has 2 aromatic carbocycles. The fourth-order valence-electron chi connectivity index (χ4n) is 2.68. The molecule has 0 spiro atoms. The van der Waals surface area contributed by atoms with Gasteiger partial charge < -0.3 is 15.4 Å². The van der Waals surface area contributed by atoms with Crippen LogP contribution in [0.25, 0.3) is 5.69 Å². The summed E-state index contributed by atoms with van der Waals surface area (Å²) < 4.78 is 6.46. The average Bonchev–Trinajstić information content (AvgIpc) is 3.27. The normalized spacial score (nSPS) is 10.3. The Hall–Kier alpha value is -3.61. The topological polar surface area (TPSA) is 85.2 Å². The lowest BCUT2D eigenvalue weighted by Crippen LogP contribution is -2.36. The summed E-state index contributed by atoms with van der Waals surface area (Å²) in [6.07, 6.45) is 4.37. The van der Waals surface area contributed by atoms with E-state index in [-0.39, 0.29) is 12.0 Å². The molecule has 2 N–H and O–H groups in total. The first kappa shape index (κ1) is 19.2. The molecule has 0 atom stereocenters. The number of carbonyl (C=O) groups is 2. The number of aromatic nitrogens is 2. The van der Waals surface area contributed by atoms with Gasteiger partial charge in [0.05, 0.1) is 18.4 Å². The summed E-state index contributed by atoms with van der Waals surface area (Å²) in [4.78, 5) is 23.3. The second-order valence-corrected chi connectivity index (χ2v) is 6.17. The smallest absolute Gasteiger partial charge is 0.337 e. The molecule has 0 unspecified atom stereocenters. The molecule has 0 aliphatic rings. The van der Waals surface area contributed by atoms with E-state index in [1.54, 1.807) is 35.1 Å². The van der Waals surface area contributed by atoms with Crippen LogP contribution in [-0.2, 0) is 17.7 Å². The lowest BCUT2D eigenvalue weighted by atomic mass is 10.1. The summed E-state index contributed by atoms with van der Waals surface area (Å²) in [5.74, 6) is -0.380. The summed E-state index contributed by atoms with van der Waals surface area (Å²) in [6, 6.07) is 16.6. The molecule has 7 heteroatoms. The van der Waals surface area contributed by atoms with Gasteiger partial charge in [-0.15, -0.1) is 0 Å². The first-order chi connectivity index (χ1) is 13.7. The molecule has 28 heavy (non-hydrogen) atoms. The summed E-state index contributed by atoms with van der Waals surface area (Å²) in [5, 5.41) is 9.83. The standard InChI is InChI=1S/C21H22N4O3/c1-28-20(26)18-7-3-17(4-8-18)15-23-21(27)22-13-11-16-5-9-19(10-6-16)25-14-2-12-24-25/h2-10,12,14H,11,13,15H2,1H3,(H2,22,23,27). The Balaban J connectivity index is 1.39. The minimum atomic E-state index is -0.380. The highest BCUT2D eigenvalue weighted by atomic mass is 16.5. The number of ether oxygens (including phenoxy) is 1. The van der Waals surface area contributed by atoms with Gasteiger partial charge in [0, 0.05) is 25.5 Å². The lowest BCUT2D eigenvalue weighted by molar-refractivity contribution is 0.0600. The van der Waals surface area contributed by atoms with Crippen LogP contribution >= 0.6 is 0 Å². The third-order valence-corrected chi connectivity index (χ3v) is 4.23. The quantitative estimate of drug-likeness (QED) is 0.619. The Morgan fingerprint density at radius 3 is 2.36 bits per heavy atom. The van der Waals surface area contributed by atoms with Crippen LogP contribution in [0.5, 0.6) is 0 Å². The zero-order valence-electron chi connectivity index (χ0n) is 15.6. The number of esters is 1. The molecule has 3 rings (SSSR count). The van der Waals surface area contributed by atoms with Gasteiger partial charge in [0.25, 0.3) is 0 Å². The molecule has 3 aromatic rings.